The highest BCUT2D eigenvalue weighted by molar-refractivity contribution is 5.73. The van der Waals surface area contributed by atoms with Gasteiger partial charge in [0.2, 0.25) is 0 Å². The van der Waals surface area contributed by atoms with E-state index in [0.29, 0.717) is 0 Å². The van der Waals surface area contributed by atoms with Crippen molar-refractivity contribution in [1.82, 2.24) is 5.32 Å². The molecule has 2 nitrogen and oxygen atoms in total. The highest BCUT2D eigenvalue weighted by atomic mass is 16.1. The average Bonchev–Trinajstić information content (AvgIpc) is 2.24. The lowest BCUT2D eigenvalue weighted by atomic mass is 10.1. The monoisotopic (exact) mass is 217 g/mol. The Morgan fingerprint density at radius 2 is 1.81 bits per heavy atom. The zero-order valence-corrected chi connectivity index (χ0v) is 10.2. The number of nitrogens with one attached hydrogen (secondary N) is 1. The van der Waals surface area contributed by atoms with E-state index in [9.17, 15) is 4.79 Å². The molecular formula is C14H19NO. The summed E-state index contributed by atoms with van der Waals surface area (Å²) in [6.07, 6.45) is 4.09. The number of benzene rings is 1. The summed E-state index contributed by atoms with van der Waals surface area (Å²) in [5.41, 5.74) is 2.43. The summed E-state index contributed by atoms with van der Waals surface area (Å²) in [5.74, 6) is 0. The third kappa shape index (κ3) is 4.89. The van der Waals surface area contributed by atoms with E-state index in [-0.39, 0.29) is 5.54 Å². The molecule has 16 heavy (non-hydrogen) atoms. The zero-order valence-electron chi connectivity index (χ0n) is 10.2. The fourth-order valence-corrected chi connectivity index (χ4v) is 1.26. The van der Waals surface area contributed by atoms with Crippen molar-refractivity contribution in [3.05, 3.63) is 41.5 Å². The maximum absolute atomic E-state index is 10.2. The van der Waals surface area contributed by atoms with E-state index >= 15 is 0 Å². The number of hydrogen-bond donors (Lipinski definition) is 1. The van der Waals surface area contributed by atoms with Gasteiger partial charge in [0, 0.05) is 12.1 Å². The largest absolute Gasteiger partial charge is 0.308 e. The Bertz CT molecular complexity index is 357. The predicted molar refractivity (Wildman–Crippen MR) is 68.1 cm³/mol. The van der Waals surface area contributed by atoms with Gasteiger partial charge in [-0.15, -0.1) is 0 Å². The van der Waals surface area contributed by atoms with E-state index in [1.165, 1.54) is 11.6 Å². The molecule has 0 aromatic heterocycles. The first-order valence-electron chi connectivity index (χ1n) is 5.47. The minimum atomic E-state index is 0.135. The van der Waals surface area contributed by atoms with Crippen LogP contribution in [-0.4, -0.2) is 11.8 Å². The van der Waals surface area contributed by atoms with Gasteiger partial charge in [0.05, 0.1) is 0 Å². The molecule has 0 fully saturated rings. The summed E-state index contributed by atoms with van der Waals surface area (Å²) in [6, 6.07) is 8.17. The molecule has 0 bridgehead atoms. The summed E-state index contributed by atoms with van der Waals surface area (Å²) in [4.78, 5) is 10.2. The van der Waals surface area contributed by atoms with Crippen molar-refractivity contribution in [3.63, 3.8) is 0 Å². The Balaban J connectivity index is 2.58. The number of hydrogen-bond acceptors (Lipinski definition) is 2. The van der Waals surface area contributed by atoms with E-state index in [1.807, 2.05) is 12.1 Å². The van der Waals surface area contributed by atoms with Crippen LogP contribution in [0.1, 0.15) is 31.9 Å². The Kier molecular flexibility index (Phi) is 4.44. The molecule has 2 heteroatoms. The molecule has 0 saturated heterocycles. The Morgan fingerprint density at radius 3 is 2.31 bits per heavy atom. The molecular weight excluding hydrogens is 198 g/mol. The van der Waals surface area contributed by atoms with Crippen LogP contribution in [-0.2, 0) is 11.3 Å². The number of rotatable bonds is 4. The molecule has 1 aromatic carbocycles. The normalized spacial score (nSPS) is 11.9. The number of carbonyl (C=O) groups excluding carboxylic acids is 1. The first-order chi connectivity index (χ1) is 7.51. The van der Waals surface area contributed by atoms with Crippen LogP contribution in [0.4, 0.5) is 0 Å². The molecule has 0 aliphatic carbocycles. The highest BCUT2D eigenvalue weighted by Crippen LogP contribution is 2.08. The van der Waals surface area contributed by atoms with Crippen molar-refractivity contribution >= 4 is 12.4 Å². The lowest BCUT2D eigenvalue weighted by Crippen LogP contribution is -2.35. The molecule has 0 aliphatic heterocycles. The van der Waals surface area contributed by atoms with Crippen molar-refractivity contribution in [3.8, 4) is 0 Å². The predicted octanol–water partition coefficient (Wildman–Crippen LogP) is 2.79. The Morgan fingerprint density at radius 1 is 1.19 bits per heavy atom. The third-order valence-electron chi connectivity index (χ3n) is 2.17. The van der Waals surface area contributed by atoms with Crippen LogP contribution in [0.2, 0.25) is 0 Å². The van der Waals surface area contributed by atoms with Gasteiger partial charge in [-0.05, 0) is 38.0 Å². The summed E-state index contributed by atoms with van der Waals surface area (Å²) in [7, 11) is 0. The van der Waals surface area contributed by atoms with Gasteiger partial charge in [0.25, 0.3) is 0 Å². The first-order valence-corrected chi connectivity index (χ1v) is 5.47. The van der Waals surface area contributed by atoms with Gasteiger partial charge in [0.1, 0.15) is 6.29 Å². The van der Waals surface area contributed by atoms with Crippen LogP contribution in [0.3, 0.4) is 0 Å². The highest BCUT2D eigenvalue weighted by Gasteiger charge is 2.07. The summed E-state index contributed by atoms with van der Waals surface area (Å²) in [5, 5.41) is 3.43. The lowest BCUT2D eigenvalue weighted by molar-refractivity contribution is -0.104. The maximum Gasteiger partial charge on any atom is 0.142 e. The van der Waals surface area contributed by atoms with E-state index < -0.39 is 0 Å². The van der Waals surface area contributed by atoms with Crippen LogP contribution in [0.5, 0.6) is 0 Å². The molecule has 0 aliphatic rings. The Labute approximate surface area is 97.4 Å². The van der Waals surface area contributed by atoms with Crippen LogP contribution >= 0.6 is 0 Å². The Hall–Kier alpha value is -1.41. The van der Waals surface area contributed by atoms with Crippen molar-refractivity contribution < 1.29 is 4.79 Å². The van der Waals surface area contributed by atoms with Gasteiger partial charge < -0.3 is 5.32 Å². The topological polar surface area (TPSA) is 29.1 Å². The van der Waals surface area contributed by atoms with Crippen LogP contribution in [0.15, 0.2) is 30.3 Å². The summed E-state index contributed by atoms with van der Waals surface area (Å²) < 4.78 is 0. The van der Waals surface area contributed by atoms with Crippen molar-refractivity contribution in [1.29, 1.82) is 0 Å². The summed E-state index contributed by atoms with van der Waals surface area (Å²) >= 11 is 0. The molecule has 0 atom stereocenters. The first kappa shape index (κ1) is 12.7. The second-order valence-electron chi connectivity index (χ2n) is 4.84. The van der Waals surface area contributed by atoms with E-state index in [0.717, 1.165) is 18.4 Å². The standard InChI is InChI=1S/C14H19NO/c1-14(2,3)15-11-13-8-6-12(7-9-13)5-4-10-16/h4-10,15H,11H2,1-3H3/b5-4-. The van der Waals surface area contributed by atoms with E-state index in [1.54, 1.807) is 6.08 Å². The van der Waals surface area contributed by atoms with Gasteiger partial charge in [-0.3, -0.25) is 4.79 Å². The lowest BCUT2D eigenvalue weighted by Gasteiger charge is -2.20. The van der Waals surface area contributed by atoms with Crippen LogP contribution in [0, 0.1) is 0 Å². The van der Waals surface area contributed by atoms with Crippen LogP contribution in [0.25, 0.3) is 6.08 Å². The van der Waals surface area contributed by atoms with Crippen LogP contribution < -0.4 is 5.32 Å². The second kappa shape index (κ2) is 5.61. The number of aldehydes is 1. The number of allylic oxidation sites excluding steroid dienone is 1. The molecule has 1 N–H and O–H groups in total. The van der Waals surface area contributed by atoms with Crippen molar-refractivity contribution in [2.24, 2.45) is 0 Å². The molecule has 0 amide bonds. The smallest absolute Gasteiger partial charge is 0.142 e. The SMILES string of the molecule is CC(C)(C)NCc1ccc(/C=C\C=O)cc1. The van der Waals surface area contributed by atoms with Crippen molar-refractivity contribution in [2.75, 3.05) is 0 Å². The molecule has 1 aromatic rings. The molecule has 0 radical (unpaired) electrons. The minimum absolute atomic E-state index is 0.135. The van der Waals surface area contributed by atoms with Gasteiger partial charge in [-0.1, -0.05) is 30.3 Å². The van der Waals surface area contributed by atoms with E-state index in [2.05, 4.69) is 38.2 Å². The number of carbonyl (C=O) groups is 1. The van der Waals surface area contributed by atoms with Gasteiger partial charge >= 0.3 is 0 Å². The quantitative estimate of drug-likeness (QED) is 0.620. The summed E-state index contributed by atoms with van der Waals surface area (Å²) in [6.45, 7) is 7.30. The molecule has 1 rings (SSSR count). The molecule has 0 saturated carbocycles. The zero-order chi connectivity index (χ0) is 12.0. The minimum Gasteiger partial charge on any atom is -0.308 e. The third-order valence-corrected chi connectivity index (χ3v) is 2.17. The van der Waals surface area contributed by atoms with E-state index in [4.69, 9.17) is 0 Å². The van der Waals surface area contributed by atoms with Gasteiger partial charge in [0.15, 0.2) is 0 Å². The van der Waals surface area contributed by atoms with Gasteiger partial charge in [-0.2, -0.15) is 0 Å². The fraction of sp³-hybridized carbons (Fsp3) is 0.357. The molecule has 0 heterocycles. The molecule has 86 valence electrons. The average molecular weight is 217 g/mol. The molecule has 0 spiro atoms. The fourth-order valence-electron chi connectivity index (χ4n) is 1.26. The van der Waals surface area contributed by atoms with Crippen molar-refractivity contribution in [2.45, 2.75) is 32.9 Å². The van der Waals surface area contributed by atoms with Gasteiger partial charge in [-0.25, -0.2) is 0 Å². The maximum atomic E-state index is 10.2. The molecule has 0 unspecified atom stereocenters. The second-order valence-corrected chi connectivity index (χ2v) is 4.84.